The van der Waals surface area contributed by atoms with Crippen LogP contribution in [-0.4, -0.2) is 34.8 Å². The SMILES string of the molecule is CC(=O)Nc1ccc(-c2ccncc2CC(=O)N2CCCC2)cc1. The Labute approximate surface area is 141 Å². The molecular weight excluding hydrogens is 302 g/mol. The van der Waals surface area contributed by atoms with Crippen LogP contribution in [-0.2, 0) is 16.0 Å². The fourth-order valence-corrected chi connectivity index (χ4v) is 3.03. The van der Waals surface area contributed by atoms with Crippen molar-refractivity contribution in [2.45, 2.75) is 26.2 Å². The standard InChI is InChI=1S/C19H21N3O2/c1-14(23)21-17-6-4-15(5-7-17)18-8-9-20-13-16(18)12-19(24)22-10-2-3-11-22/h4-9,13H,2-3,10-12H2,1H3,(H,21,23). The predicted molar refractivity (Wildman–Crippen MR) is 93.5 cm³/mol. The first kappa shape index (κ1) is 16.2. The van der Waals surface area contributed by atoms with Crippen molar-refractivity contribution in [3.05, 3.63) is 48.3 Å². The molecule has 1 aromatic heterocycles. The molecule has 0 saturated carbocycles. The van der Waals surface area contributed by atoms with E-state index in [1.165, 1.54) is 6.92 Å². The highest BCUT2D eigenvalue weighted by atomic mass is 16.2. The van der Waals surface area contributed by atoms with E-state index in [0.29, 0.717) is 6.42 Å². The average Bonchev–Trinajstić information content (AvgIpc) is 3.10. The first-order valence-corrected chi connectivity index (χ1v) is 8.22. The Hall–Kier alpha value is -2.69. The number of nitrogens with zero attached hydrogens (tertiary/aromatic N) is 2. The molecule has 1 aliphatic heterocycles. The minimum Gasteiger partial charge on any atom is -0.342 e. The minimum atomic E-state index is -0.0939. The number of carbonyl (C=O) groups excluding carboxylic acids is 2. The number of hydrogen-bond acceptors (Lipinski definition) is 3. The zero-order chi connectivity index (χ0) is 16.9. The number of rotatable bonds is 4. The molecule has 2 amide bonds. The van der Waals surface area contributed by atoms with Crippen molar-refractivity contribution in [1.82, 2.24) is 9.88 Å². The highest BCUT2D eigenvalue weighted by Crippen LogP contribution is 2.25. The summed E-state index contributed by atoms with van der Waals surface area (Å²) in [6.45, 7) is 3.21. The lowest BCUT2D eigenvalue weighted by Gasteiger charge is -2.16. The van der Waals surface area contributed by atoms with Crippen LogP contribution in [0.2, 0.25) is 0 Å². The number of nitrogens with one attached hydrogen (secondary N) is 1. The summed E-state index contributed by atoms with van der Waals surface area (Å²) in [7, 11) is 0. The maximum Gasteiger partial charge on any atom is 0.227 e. The van der Waals surface area contributed by atoms with Gasteiger partial charge < -0.3 is 10.2 Å². The number of hydrogen-bond donors (Lipinski definition) is 1. The largest absolute Gasteiger partial charge is 0.342 e. The van der Waals surface area contributed by atoms with E-state index in [1.807, 2.05) is 35.2 Å². The van der Waals surface area contributed by atoms with Gasteiger partial charge in [0, 0.05) is 38.1 Å². The smallest absolute Gasteiger partial charge is 0.227 e. The van der Waals surface area contributed by atoms with Crippen LogP contribution in [0.15, 0.2) is 42.7 Å². The van der Waals surface area contributed by atoms with Gasteiger partial charge in [0.15, 0.2) is 0 Å². The zero-order valence-electron chi connectivity index (χ0n) is 13.8. The van der Waals surface area contributed by atoms with Crippen molar-refractivity contribution in [2.75, 3.05) is 18.4 Å². The van der Waals surface area contributed by atoms with Crippen molar-refractivity contribution in [1.29, 1.82) is 0 Å². The summed E-state index contributed by atoms with van der Waals surface area (Å²) < 4.78 is 0. The van der Waals surface area contributed by atoms with E-state index in [2.05, 4.69) is 10.3 Å². The Balaban J connectivity index is 1.80. The molecule has 5 heteroatoms. The van der Waals surface area contributed by atoms with Gasteiger partial charge in [-0.15, -0.1) is 0 Å². The van der Waals surface area contributed by atoms with Crippen molar-refractivity contribution in [3.63, 3.8) is 0 Å². The Kier molecular flexibility index (Phi) is 4.89. The van der Waals surface area contributed by atoms with Gasteiger partial charge in [0.05, 0.1) is 6.42 Å². The van der Waals surface area contributed by atoms with Gasteiger partial charge in [-0.2, -0.15) is 0 Å². The lowest BCUT2D eigenvalue weighted by atomic mass is 9.99. The maximum absolute atomic E-state index is 12.4. The minimum absolute atomic E-state index is 0.0939. The summed E-state index contributed by atoms with van der Waals surface area (Å²) in [5, 5.41) is 2.76. The van der Waals surface area contributed by atoms with E-state index in [9.17, 15) is 9.59 Å². The molecule has 0 aliphatic carbocycles. The molecule has 3 rings (SSSR count). The van der Waals surface area contributed by atoms with Crippen molar-refractivity contribution < 1.29 is 9.59 Å². The molecule has 0 unspecified atom stereocenters. The van der Waals surface area contributed by atoms with Crippen LogP contribution in [0, 0.1) is 0 Å². The Morgan fingerprint density at radius 2 is 1.83 bits per heavy atom. The molecule has 1 aliphatic rings. The lowest BCUT2D eigenvalue weighted by Crippen LogP contribution is -2.29. The molecule has 124 valence electrons. The second kappa shape index (κ2) is 7.25. The highest BCUT2D eigenvalue weighted by Gasteiger charge is 2.19. The van der Waals surface area contributed by atoms with Gasteiger partial charge in [-0.05, 0) is 47.7 Å². The molecule has 0 atom stereocenters. The average molecular weight is 323 g/mol. The summed E-state index contributed by atoms with van der Waals surface area (Å²) in [5.41, 5.74) is 3.71. The molecule has 24 heavy (non-hydrogen) atoms. The van der Waals surface area contributed by atoms with Crippen LogP contribution in [0.1, 0.15) is 25.3 Å². The molecule has 2 aromatic rings. The molecule has 0 bridgehead atoms. The number of carbonyl (C=O) groups is 2. The van der Waals surface area contributed by atoms with Crippen molar-refractivity contribution in [3.8, 4) is 11.1 Å². The highest BCUT2D eigenvalue weighted by molar-refractivity contribution is 5.89. The molecule has 5 nitrogen and oxygen atoms in total. The number of amides is 2. The molecule has 1 aromatic carbocycles. The van der Waals surface area contributed by atoms with Gasteiger partial charge in [-0.25, -0.2) is 0 Å². The quantitative estimate of drug-likeness (QED) is 0.941. The molecule has 2 heterocycles. The lowest BCUT2D eigenvalue weighted by molar-refractivity contribution is -0.129. The number of benzene rings is 1. The van der Waals surface area contributed by atoms with E-state index in [-0.39, 0.29) is 11.8 Å². The van der Waals surface area contributed by atoms with Gasteiger partial charge in [-0.1, -0.05) is 12.1 Å². The van der Waals surface area contributed by atoms with Crippen LogP contribution < -0.4 is 5.32 Å². The van der Waals surface area contributed by atoms with E-state index in [1.54, 1.807) is 12.4 Å². The zero-order valence-corrected chi connectivity index (χ0v) is 13.8. The van der Waals surface area contributed by atoms with Gasteiger partial charge in [0.2, 0.25) is 11.8 Å². The van der Waals surface area contributed by atoms with Crippen molar-refractivity contribution >= 4 is 17.5 Å². The fourth-order valence-electron chi connectivity index (χ4n) is 3.03. The van der Waals surface area contributed by atoms with Crippen LogP contribution in [0.5, 0.6) is 0 Å². The fraction of sp³-hybridized carbons (Fsp3) is 0.316. The van der Waals surface area contributed by atoms with Gasteiger partial charge in [0.25, 0.3) is 0 Å². The first-order valence-electron chi connectivity index (χ1n) is 8.22. The monoisotopic (exact) mass is 323 g/mol. The Morgan fingerprint density at radius 3 is 2.50 bits per heavy atom. The van der Waals surface area contributed by atoms with Crippen LogP contribution in [0.25, 0.3) is 11.1 Å². The third kappa shape index (κ3) is 3.79. The number of pyridine rings is 1. The molecule has 0 radical (unpaired) electrons. The summed E-state index contributed by atoms with van der Waals surface area (Å²) in [6.07, 6.45) is 6.06. The molecule has 1 saturated heterocycles. The summed E-state index contributed by atoms with van der Waals surface area (Å²) in [4.78, 5) is 29.6. The second-order valence-corrected chi connectivity index (χ2v) is 6.06. The van der Waals surface area contributed by atoms with E-state index in [4.69, 9.17) is 0 Å². The van der Waals surface area contributed by atoms with Gasteiger partial charge >= 0.3 is 0 Å². The van der Waals surface area contributed by atoms with E-state index >= 15 is 0 Å². The topological polar surface area (TPSA) is 62.3 Å². The van der Waals surface area contributed by atoms with Gasteiger partial charge in [0.1, 0.15) is 0 Å². The number of aromatic nitrogens is 1. The third-order valence-electron chi connectivity index (χ3n) is 4.22. The van der Waals surface area contributed by atoms with E-state index in [0.717, 1.165) is 48.3 Å². The second-order valence-electron chi connectivity index (χ2n) is 6.06. The molecular formula is C19H21N3O2. The predicted octanol–water partition coefficient (Wildman–Crippen LogP) is 2.87. The molecule has 1 N–H and O–H groups in total. The van der Waals surface area contributed by atoms with Crippen LogP contribution in [0.3, 0.4) is 0 Å². The normalized spacial score (nSPS) is 13.8. The van der Waals surface area contributed by atoms with E-state index < -0.39 is 0 Å². The summed E-state index contributed by atoms with van der Waals surface area (Å²) >= 11 is 0. The first-order chi connectivity index (χ1) is 11.6. The Morgan fingerprint density at radius 1 is 1.12 bits per heavy atom. The van der Waals surface area contributed by atoms with Crippen LogP contribution in [0.4, 0.5) is 5.69 Å². The molecule has 1 fully saturated rings. The van der Waals surface area contributed by atoms with Gasteiger partial charge in [-0.3, -0.25) is 14.6 Å². The summed E-state index contributed by atoms with van der Waals surface area (Å²) in [5.74, 6) is 0.0696. The summed E-state index contributed by atoms with van der Waals surface area (Å²) in [6, 6.07) is 9.56. The number of anilines is 1. The van der Waals surface area contributed by atoms with Crippen molar-refractivity contribution in [2.24, 2.45) is 0 Å². The van der Waals surface area contributed by atoms with Crippen LogP contribution >= 0.6 is 0 Å². The number of likely N-dealkylation sites (tertiary alicyclic amines) is 1. The molecule has 0 spiro atoms. The Bertz CT molecular complexity index is 735. The maximum atomic E-state index is 12.4. The third-order valence-corrected chi connectivity index (χ3v) is 4.22.